The molecule has 0 spiro atoms. The summed E-state index contributed by atoms with van der Waals surface area (Å²) in [5, 5.41) is 0. The largest absolute Gasteiger partial charge is 0.289 e. The monoisotopic (exact) mass is 947 g/mol. The van der Waals surface area contributed by atoms with E-state index in [1.54, 1.807) is 0 Å². The highest BCUT2D eigenvalue weighted by atomic mass is 16.1. The standard InChI is InChI=1S/C68H100NO/c1-6-10-14-18-22-26-30-42-58-43-34-35-50-62(58)55-67(63-51-39-36-47-59(63)44-31-27-23-19-15-11-7-2)68(69(67)66(56-70)54-57(66)5,64-52-40-37-48-60(64)45-32-28-24-20-16-12-8-3)65-53-41-38-49-61(65)46-33-29-25-21-17-13-9-4/h34-41,43,47-53,57H,6-33,42,44-46,54-55H2,1-5H3/t57?,66-,67?,69?/m0/s1. The third-order valence-corrected chi connectivity index (χ3v) is 17.2. The Morgan fingerprint density at radius 3 is 1.04 bits per heavy atom. The summed E-state index contributed by atoms with van der Waals surface area (Å²) >= 11 is 0. The first-order valence-corrected chi connectivity index (χ1v) is 30.0. The Bertz CT molecular complexity index is 2020. The van der Waals surface area contributed by atoms with Crippen molar-refractivity contribution in [3.63, 3.8) is 0 Å². The molecule has 383 valence electrons. The highest BCUT2D eigenvalue weighted by Crippen LogP contribution is 2.77. The molecule has 0 amide bonds. The minimum Gasteiger partial charge on any atom is -0.289 e. The molecule has 1 saturated carbocycles. The van der Waals surface area contributed by atoms with Crippen LogP contribution in [0.25, 0.3) is 0 Å². The van der Waals surface area contributed by atoms with Gasteiger partial charge in [0, 0.05) is 0 Å². The van der Waals surface area contributed by atoms with Crippen LogP contribution in [0, 0.1) is 5.92 Å². The van der Waals surface area contributed by atoms with E-state index in [2.05, 4.69) is 143 Å². The Balaban J connectivity index is 1.53. The lowest BCUT2D eigenvalue weighted by atomic mass is 9.70. The first-order valence-electron chi connectivity index (χ1n) is 30.0. The molecule has 0 aromatic heterocycles. The summed E-state index contributed by atoms with van der Waals surface area (Å²) in [6.45, 7) is 11.6. The predicted octanol–water partition coefficient (Wildman–Crippen LogP) is 19.4. The van der Waals surface area contributed by atoms with Gasteiger partial charge >= 0.3 is 0 Å². The second-order valence-corrected chi connectivity index (χ2v) is 22.4. The molecule has 2 heteroatoms. The fraction of sp³-hybridized carbons (Fsp3) is 0.632. The molecular weight excluding hydrogens is 847 g/mol. The number of unbranched alkanes of at least 4 members (excludes halogenated alkanes) is 24. The molecule has 4 atom stereocenters. The number of hydrogen-bond donors (Lipinski definition) is 0. The molecule has 1 aliphatic heterocycles. The van der Waals surface area contributed by atoms with Crippen molar-refractivity contribution in [2.24, 2.45) is 5.92 Å². The molecule has 3 unspecified atom stereocenters. The Labute approximate surface area is 431 Å². The lowest BCUT2D eigenvalue weighted by Gasteiger charge is -2.30. The van der Waals surface area contributed by atoms with Crippen molar-refractivity contribution in [3.05, 3.63) is 142 Å². The maximum atomic E-state index is 14.3. The van der Waals surface area contributed by atoms with Crippen molar-refractivity contribution >= 4 is 6.29 Å². The van der Waals surface area contributed by atoms with Crippen LogP contribution >= 0.6 is 0 Å². The van der Waals surface area contributed by atoms with E-state index in [4.69, 9.17) is 0 Å². The van der Waals surface area contributed by atoms with Crippen LogP contribution in [0.1, 0.15) is 265 Å². The van der Waals surface area contributed by atoms with Gasteiger partial charge in [0.2, 0.25) is 6.29 Å². The Kier molecular flexibility index (Phi) is 23.8. The van der Waals surface area contributed by atoms with Crippen LogP contribution in [0.5, 0.6) is 0 Å². The van der Waals surface area contributed by atoms with Gasteiger partial charge in [0.25, 0.3) is 0 Å². The molecule has 1 aliphatic carbocycles. The minimum atomic E-state index is -0.668. The summed E-state index contributed by atoms with van der Waals surface area (Å²) in [5.74, 6) is 0.232. The number of benzene rings is 4. The van der Waals surface area contributed by atoms with Gasteiger partial charge in [-0.1, -0.05) is 286 Å². The molecule has 0 bridgehead atoms. The van der Waals surface area contributed by atoms with E-state index in [1.807, 2.05) is 0 Å². The average Bonchev–Trinajstić information content (AvgIpc) is 4.25. The van der Waals surface area contributed by atoms with Gasteiger partial charge in [-0.3, -0.25) is 9.69 Å². The van der Waals surface area contributed by atoms with Crippen molar-refractivity contribution < 1.29 is 4.79 Å². The third-order valence-electron chi connectivity index (χ3n) is 17.2. The van der Waals surface area contributed by atoms with Crippen LogP contribution in [-0.2, 0) is 48.0 Å². The molecule has 1 radical (unpaired) electrons. The van der Waals surface area contributed by atoms with Crippen LogP contribution in [0.3, 0.4) is 0 Å². The second kappa shape index (κ2) is 29.9. The first kappa shape index (κ1) is 55.8. The lowest BCUT2D eigenvalue weighted by Crippen LogP contribution is -2.33. The number of carbonyl (C=O) groups excluding carboxylic acids is 1. The van der Waals surface area contributed by atoms with Gasteiger partial charge < -0.3 is 0 Å². The van der Waals surface area contributed by atoms with Gasteiger partial charge in [-0.2, -0.15) is 0 Å². The van der Waals surface area contributed by atoms with E-state index in [0.717, 1.165) is 38.5 Å². The SMILES string of the molecule is CCCCCCCCCc1ccccc1CC1(c2ccccc2CCCCCCCCC)N([C@]2([C]=O)CC2C)C1(c1ccccc1CCCCCCCCC)c1ccccc1CCCCCCCCC. The van der Waals surface area contributed by atoms with Crippen LogP contribution in [0.15, 0.2) is 97.1 Å². The molecule has 0 N–H and O–H groups in total. The molecule has 2 fully saturated rings. The van der Waals surface area contributed by atoms with E-state index < -0.39 is 16.6 Å². The Hall–Kier alpha value is -3.49. The maximum Gasteiger partial charge on any atom is 0.220 e. The van der Waals surface area contributed by atoms with E-state index >= 15 is 0 Å². The van der Waals surface area contributed by atoms with Crippen molar-refractivity contribution in [1.82, 2.24) is 4.90 Å². The van der Waals surface area contributed by atoms with E-state index in [-0.39, 0.29) is 5.92 Å². The van der Waals surface area contributed by atoms with Gasteiger partial charge in [-0.15, -0.1) is 0 Å². The number of hydrogen-bond acceptors (Lipinski definition) is 2. The summed E-state index contributed by atoms with van der Waals surface area (Å²) in [5.41, 5.74) is 10.0. The maximum absolute atomic E-state index is 14.3. The summed E-state index contributed by atoms with van der Waals surface area (Å²) in [4.78, 5) is 17.1. The van der Waals surface area contributed by atoms with E-state index in [9.17, 15) is 4.79 Å². The first-order chi connectivity index (χ1) is 34.5. The molecular formula is C68H100NO. The Morgan fingerprint density at radius 1 is 0.400 bits per heavy atom. The van der Waals surface area contributed by atoms with Crippen molar-refractivity contribution in [3.8, 4) is 0 Å². The summed E-state index contributed by atoms with van der Waals surface area (Å²) in [7, 11) is 0. The lowest BCUT2D eigenvalue weighted by molar-refractivity contribution is 0.309. The molecule has 4 aromatic carbocycles. The normalized spacial score (nSPS) is 20.2. The van der Waals surface area contributed by atoms with Crippen molar-refractivity contribution in [2.45, 2.75) is 270 Å². The smallest absolute Gasteiger partial charge is 0.220 e. The summed E-state index contributed by atoms with van der Waals surface area (Å²) in [6, 6.07) is 38.4. The molecule has 2 nitrogen and oxygen atoms in total. The molecule has 1 saturated heterocycles. The van der Waals surface area contributed by atoms with Gasteiger partial charge in [0.15, 0.2) is 0 Å². The van der Waals surface area contributed by atoms with Crippen molar-refractivity contribution in [1.29, 1.82) is 0 Å². The van der Waals surface area contributed by atoms with E-state index in [0.29, 0.717) is 0 Å². The van der Waals surface area contributed by atoms with Crippen LogP contribution in [0.4, 0.5) is 0 Å². The number of aryl methyl sites for hydroxylation is 4. The highest BCUT2D eigenvalue weighted by Gasteiger charge is 2.85. The van der Waals surface area contributed by atoms with Crippen LogP contribution < -0.4 is 0 Å². The highest BCUT2D eigenvalue weighted by molar-refractivity contribution is 5.77. The molecule has 6 rings (SSSR count). The molecule has 2 aliphatic rings. The van der Waals surface area contributed by atoms with Gasteiger partial charge in [0.05, 0.1) is 16.6 Å². The zero-order valence-corrected chi connectivity index (χ0v) is 45.7. The average molecular weight is 948 g/mol. The van der Waals surface area contributed by atoms with Crippen LogP contribution in [0.2, 0.25) is 0 Å². The topological polar surface area (TPSA) is 20.1 Å². The summed E-state index contributed by atoms with van der Waals surface area (Å²) < 4.78 is 0. The molecule has 1 heterocycles. The number of rotatable bonds is 39. The third kappa shape index (κ3) is 14.0. The molecule has 70 heavy (non-hydrogen) atoms. The van der Waals surface area contributed by atoms with Crippen LogP contribution in [-0.4, -0.2) is 16.7 Å². The quantitative estimate of drug-likeness (QED) is 0.0328. The minimum absolute atomic E-state index is 0.232. The number of nitrogens with zero attached hydrogens (tertiary/aromatic N) is 1. The fourth-order valence-electron chi connectivity index (χ4n) is 13.1. The zero-order chi connectivity index (χ0) is 49.3. The summed E-state index contributed by atoms with van der Waals surface area (Å²) in [6.07, 6.45) is 45.5. The van der Waals surface area contributed by atoms with Gasteiger partial charge in [-0.25, -0.2) is 0 Å². The Morgan fingerprint density at radius 2 is 0.686 bits per heavy atom. The predicted molar refractivity (Wildman–Crippen MR) is 303 cm³/mol. The molecule has 4 aromatic rings. The van der Waals surface area contributed by atoms with Crippen molar-refractivity contribution in [2.75, 3.05) is 0 Å². The van der Waals surface area contributed by atoms with E-state index in [1.165, 1.54) is 224 Å². The zero-order valence-electron chi connectivity index (χ0n) is 45.7. The second-order valence-electron chi connectivity index (χ2n) is 22.4. The fourth-order valence-corrected chi connectivity index (χ4v) is 13.1. The van der Waals surface area contributed by atoms with Gasteiger partial charge in [-0.05, 0) is 115 Å². The van der Waals surface area contributed by atoms with Gasteiger partial charge in [0.1, 0.15) is 0 Å².